The SMILES string of the molecule is CCCNc1c(OCC2CCN(C(=O)OC(C)(C)C)C2)cc(C(N)=O)cc1[N+](=O)[O-]. The second-order valence-corrected chi connectivity index (χ2v) is 8.31. The number of carbonyl (C=O) groups is 2. The molecule has 2 amide bonds. The molecular formula is C20H30N4O6. The number of nitro benzene ring substituents is 1. The summed E-state index contributed by atoms with van der Waals surface area (Å²) in [5.41, 5.74) is 4.71. The molecule has 0 radical (unpaired) electrons. The molecule has 10 nitrogen and oxygen atoms in total. The lowest BCUT2D eigenvalue weighted by molar-refractivity contribution is -0.384. The molecule has 1 atom stereocenters. The topological polar surface area (TPSA) is 137 Å². The van der Waals surface area contributed by atoms with E-state index >= 15 is 0 Å². The first kappa shape index (κ1) is 23.2. The zero-order valence-electron chi connectivity index (χ0n) is 17.9. The Balaban J connectivity index is 2.14. The minimum atomic E-state index is -0.776. The minimum Gasteiger partial charge on any atom is -0.491 e. The van der Waals surface area contributed by atoms with Crippen LogP contribution >= 0.6 is 0 Å². The van der Waals surface area contributed by atoms with E-state index in [9.17, 15) is 19.7 Å². The molecule has 0 bridgehead atoms. The van der Waals surface area contributed by atoms with Gasteiger partial charge in [-0.3, -0.25) is 14.9 Å². The van der Waals surface area contributed by atoms with Crippen LogP contribution in [0, 0.1) is 16.0 Å². The van der Waals surface area contributed by atoms with Crippen molar-refractivity contribution in [2.24, 2.45) is 11.7 Å². The predicted molar refractivity (Wildman–Crippen MR) is 112 cm³/mol. The number of amides is 2. The number of nitro groups is 1. The van der Waals surface area contributed by atoms with Crippen molar-refractivity contribution in [3.05, 3.63) is 27.8 Å². The van der Waals surface area contributed by atoms with Crippen LogP contribution in [-0.4, -0.2) is 53.7 Å². The Morgan fingerprint density at radius 2 is 2.07 bits per heavy atom. The van der Waals surface area contributed by atoms with Crippen LogP contribution in [0.2, 0.25) is 0 Å². The van der Waals surface area contributed by atoms with E-state index in [0.29, 0.717) is 26.1 Å². The van der Waals surface area contributed by atoms with Gasteiger partial charge in [0.05, 0.1) is 11.5 Å². The van der Waals surface area contributed by atoms with E-state index in [0.717, 1.165) is 12.5 Å². The number of rotatable bonds is 8. The standard InChI is InChI=1S/C20H30N4O6/c1-5-7-22-17-15(24(27)28)9-14(18(21)25)10-16(17)29-12-13-6-8-23(11-13)19(26)30-20(2,3)4/h9-10,13,22H,5-8,11-12H2,1-4H3,(H2,21,25). The van der Waals surface area contributed by atoms with Gasteiger partial charge in [-0.1, -0.05) is 6.92 Å². The molecule has 10 heteroatoms. The number of hydrogen-bond donors (Lipinski definition) is 2. The van der Waals surface area contributed by atoms with Crippen LogP contribution < -0.4 is 15.8 Å². The Morgan fingerprint density at radius 1 is 1.37 bits per heavy atom. The lowest BCUT2D eigenvalue weighted by Gasteiger charge is -2.24. The number of hydrogen-bond acceptors (Lipinski definition) is 7. The smallest absolute Gasteiger partial charge is 0.410 e. The average Bonchev–Trinajstić information content (AvgIpc) is 3.12. The number of primary amides is 1. The molecule has 166 valence electrons. The fraction of sp³-hybridized carbons (Fsp3) is 0.600. The van der Waals surface area contributed by atoms with Crippen LogP contribution in [0.15, 0.2) is 12.1 Å². The Bertz CT molecular complexity index is 805. The minimum absolute atomic E-state index is 0.000511. The first-order chi connectivity index (χ1) is 14.0. The highest BCUT2D eigenvalue weighted by molar-refractivity contribution is 5.95. The third-order valence-electron chi connectivity index (χ3n) is 4.53. The molecule has 1 unspecified atom stereocenters. The quantitative estimate of drug-likeness (QED) is 0.485. The van der Waals surface area contributed by atoms with Gasteiger partial charge >= 0.3 is 6.09 Å². The van der Waals surface area contributed by atoms with Crippen molar-refractivity contribution in [1.29, 1.82) is 0 Å². The highest BCUT2D eigenvalue weighted by atomic mass is 16.6. The molecule has 0 spiro atoms. The summed E-state index contributed by atoms with van der Waals surface area (Å²) in [5.74, 6) is -0.544. The summed E-state index contributed by atoms with van der Waals surface area (Å²) < 4.78 is 11.3. The van der Waals surface area contributed by atoms with E-state index < -0.39 is 16.4 Å². The highest BCUT2D eigenvalue weighted by Gasteiger charge is 2.31. The summed E-state index contributed by atoms with van der Waals surface area (Å²) in [6.45, 7) is 9.11. The van der Waals surface area contributed by atoms with Crippen molar-refractivity contribution in [2.45, 2.75) is 46.1 Å². The van der Waals surface area contributed by atoms with Crippen molar-refractivity contribution >= 4 is 23.4 Å². The van der Waals surface area contributed by atoms with Gasteiger partial charge in [0.25, 0.3) is 5.69 Å². The lowest BCUT2D eigenvalue weighted by atomic mass is 10.1. The molecule has 1 heterocycles. The van der Waals surface area contributed by atoms with Gasteiger partial charge in [0, 0.05) is 37.2 Å². The molecule has 0 aliphatic carbocycles. The third-order valence-corrected chi connectivity index (χ3v) is 4.53. The molecule has 3 N–H and O–H groups in total. The van der Waals surface area contributed by atoms with Gasteiger partial charge in [0.1, 0.15) is 11.4 Å². The Morgan fingerprint density at radius 3 is 2.63 bits per heavy atom. The Labute approximate surface area is 175 Å². The summed E-state index contributed by atoms with van der Waals surface area (Å²) in [4.78, 5) is 36.4. The molecule has 1 aliphatic rings. The molecular weight excluding hydrogens is 392 g/mol. The number of nitrogens with two attached hydrogens (primary N) is 1. The van der Waals surface area contributed by atoms with E-state index in [2.05, 4.69) is 5.32 Å². The fourth-order valence-electron chi connectivity index (χ4n) is 3.10. The number of carbonyl (C=O) groups excluding carboxylic acids is 2. The Hall–Kier alpha value is -3.04. The first-order valence-corrected chi connectivity index (χ1v) is 9.98. The maximum absolute atomic E-state index is 12.2. The second kappa shape index (κ2) is 9.64. The van der Waals surface area contributed by atoms with Gasteiger partial charge in [0.2, 0.25) is 5.91 Å². The molecule has 2 rings (SSSR count). The molecule has 1 saturated heterocycles. The lowest BCUT2D eigenvalue weighted by Crippen LogP contribution is -2.35. The van der Waals surface area contributed by atoms with Crippen LogP contribution in [0.5, 0.6) is 5.75 Å². The predicted octanol–water partition coefficient (Wildman–Crippen LogP) is 3.15. The van der Waals surface area contributed by atoms with Gasteiger partial charge in [0.15, 0.2) is 5.69 Å². The summed E-state index contributed by atoms with van der Waals surface area (Å²) >= 11 is 0. The zero-order valence-corrected chi connectivity index (χ0v) is 17.9. The van der Waals surface area contributed by atoms with Crippen LogP contribution in [0.1, 0.15) is 50.9 Å². The van der Waals surface area contributed by atoms with E-state index in [1.54, 1.807) is 4.90 Å². The van der Waals surface area contributed by atoms with Gasteiger partial charge in [-0.2, -0.15) is 0 Å². The molecule has 1 aromatic rings. The molecule has 1 aliphatic heterocycles. The number of nitrogens with one attached hydrogen (secondary N) is 1. The molecule has 1 fully saturated rings. The normalized spacial score (nSPS) is 16.3. The summed E-state index contributed by atoms with van der Waals surface area (Å²) in [7, 11) is 0. The molecule has 0 aromatic heterocycles. The number of ether oxygens (including phenoxy) is 2. The van der Waals surface area contributed by atoms with E-state index in [1.807, 2.05) is 27.7 Å². The van der Waals surface area contributed by atoms with E-state index in [1.165, 1.54) is 6.07 Å². The van der Waals surface area contributed by atoms with Gasteiger partial charge in [-0.25, -0.2) is 4.79 Å². The number of benzene rings is 1. The van der Waals surface area contributed by atoms with E-state index in [4.69, 9.17) is 15.2 Å². The number of likely N-dealkylation sites (tertiary alicyclic amines) is 1. The van der Waals surface area contributed by atoms with Gasteiger partial charge in [-0.15, -0.1) is 0 Å². The van der Waals surface area contributed by atoms with Crippen LogP contribution in [-0.2, 0) is 4.74 Å². The van der Waals surface area contributed by atoms with Gasteiger partial charge < -0.3 is 25.4 Å². The first-order valence-electron chi connectivity index (χ1n) is 9.98. The largest absolute Gasteiger partial charge is 0.491 e. The second-order valence-electron chi connectivity index (χ2n) is 8.31. The van der Waals surface area contributed by atoms with Crippen LogP contribution in [0.3, 0.4) is 0 Å². The summed E-state index contributed by atoms with van der Waals surface area (Å²) in [5, 5.41) is 14.5. The summed E-state index contributed by atoms with van der Waals surface area (Å²) in [6, 6.07) is 2.56. The Kier molecular flexibility index (Phi) is 7.47. The van der Waals surface area contributed by atoms with Crippen LogP contribution in [0.4, 0.5) is 16.2 Å². The maximum Gasteiger partial charge on any atom is 0.410 e. The van der Waals surface area contributed by atoms with Crippen molar-refractivity contribution in [2.75, 3.05) is 31.6 Å². The molecule has 0 saturated carbocycles. The van der Waals surface area contributed by atoms with Gasteiger partial charge in [-0.05, 0) is 39.7 Å². The average molecular weight is 422 g/mol. The number of nitrogens with zero attached hydrogens (tertiary/aromatic N) is 2. The summed E-state index contributed by atoms with van der Waals surface area (Å²) in [6.07, 6.45) is 1.10. The van der Waals surface area contributed by atoms with Crippen molar-refractivity contribution < 1.29 is 24.0 Å². The monoisotopic (exact) mass is 422 g/mol. The molecule has 30 heavy (non-hydrogen) atoms. The third kappa shape index (κ3) is 6.23. The zero-order chi connectivity index (χ0) is 22.5. The van der Waals surface area contributed by atoms with Crippen molar-refractivity contribution in [3.63, 3.8) is 0 Å². The van der Waals surface area contributed by atoms with Crippen molar-refractivity contribution in [3.8, 4) is 5.75 Å². The van der Waals surface area contributed by atoms with E-state index in [-0.39, 0.29) is 41.3 Å². The van der Waals surface area contributed by atoms with Crippen LogP contribution in [0.25, 0.3) is 0 Å². The molecule has 1 aromatic carbocycles. The van der Waals surface area contributed by atoms with Crippen molar-refractivity contribution in [1.82, 2.24) is 4.90 Å². The maximum atomic E-state index is 12.2. The highest BCUT2D eigenvalue weighted by Crippen LogP contribution is 2.36. The fourth-order valence-corrected chi connectivity index (χ4v) is 3.10. The number of anilines is 1.